The fourth-order valence-electron chi connectivity index (χ4n) is 1.23. The molecule has 0 radical (unpaired) electrons. The van der Waals surface area contributed by atoms with Gasteiger partial charge in [-0.3, -0.25) is 0 Å². The monoisotopic (exact) mass is 227 g/mol. The number of rotatable bonds is 3. The average molecular weight is 227 g/mol. The minimum atomic E-state index is -2.53. The van der Waals surface area contributed by atoms with Crippen molar-refractivity contribution in [3.8, 4) is 0 Å². The van der Waals surface area contributed by atoms with E-state index in [1.807, 2.05) is 13.8 Å². The van der Waals surface area contributed by atoms with Gasteiger partial charge in [0.1, 0.15) is 9.92 Å². The maximum atomic E-state index is 12.4. The van der Waals surface area contributed by atoms with Crippen LogP contribution in [-0.4, -0.2) is 17.3 Å². The van der Waals surface area contributed by atoms with Crippen LogP contribution in [0.3, 0.4) is 0 Å². The van der Waals surface area contributed by atoms with Crippen LogP contribution in [-0.2, 0) is 9.92 Å². The number of nitrogens with one attached hydrogen (secondary N) is 1. The standard InChI is InChI=1S/C10H17N3OS/c1-8(2)13-15(14,12-3)10-6-4-5-9(11)7-10/h4-8H,11H2,1-3H3,(H,12,13,14). The summed E-state index contributed by atoms with van der Waals surface area (Å²) in [6.07, 6.45) is 0. The molecule has 0 aliphatic heterocycles. The molecule has 1 rings (SSSR count). The lowest BCUT2D eigenvalue weighted by molar-refractivity contribution is 0.647. The van der Waals surface area contributed by atoms with Gasteiger partial charge in [-0.25, -0.2) is 13.3 Å². The Labute approximate surface area is 91.2 Å². The molecule has 1 aromatic carbocycles. The number of nitrogens with two attached hydrogens (primary N) is 1. The van der Waals surface area contributed by atoms with E-state index in [9.17, 15) is 4.21 Å². The van der Waals surface area contributed by atoms with Gasteiger partial charge in [-0.05, 0) is 32.0 Å². The number of benzene rings is 1. The molecule has 15 heavy (non-hydrogen) atoms. The maximum Gasteiger partial charge on any atom is 0.137 e. The van der Waals surface area contributed by atoms with E-state index in [2.05, 4.69) is 9.08 Å². The van der Waals surface area contributed by atoms with Gasteiger partial charge in [0.05, 0.1) is 4.90 Å². The number of nitrogen functional groups attached to an aromatic ring is 1. The van der Waals surface area contributed by atoms with Crippen molar-refractivity contribution in [2.24, 2.45) is 4.36 Å². The molecule has 0 aliphatic rings. The molecule has 0 spiro atoms. The highest BCUT2D eigenvalue weighted by Crippen LogP contribution is 2.14. The highest BCUT2D eigenvalue weighted by atomic mass is 32.2. The Balaban J connectivity index is 3.19. The third-order valence-electron chi connectivity index (χ3n) is 1.83. The summed E-state index contributed by atoms with van der Waals surface area (Å²) < 4.78 is 19.3. The molecule has 1 atom stereocenters. The Hall–Kier alpha value is -1.07. The van der Waals surface area contributed by atoms with Gasteiger partial charge in [0.25, 0.3) is 0 Å². The molecule has 0 amide bonds. The molecule has 5 heteroatoms. The van der Waals surface area contributed by atoms with Crippen molar-refractivity contribution in [2.75, 3.05) is 12.8 Å². The van der Waals surface area contributed by atoms with E-state index in [4.69, 9.17) is 5.73 Å². The largest absolute Gasteiger partial charge is 0.399 e. The second-order valence-corrected chi connectivity index (χ2v) is 5.68. The lowest BCUT2D eigenvalue weighted by Crippen LogP contribution is -2.30. The third kappa shape index (κ3) is 2.94. The van der Waals surface area contributed by atoms with E-state index in [0.29, 0.717) is 10.6 Å². The first kappa shape index (κ1) is 12.0. The molecule has 84 valence electrons. The van der Waals surface area contributed by atoms with Gasteiger partial charge in [0, 0.05) is 18.8 Å². The Morgan fingerprint density at radius 1 is 1.47 bits per heavy atom. The molecule has 1 aromatic rings. The highest BCUT2D eigenvalue weighted by molar-refractivity contribution is 7.91. The van der Waals surface area contributed by atoms with E-state index >= 15 is 0 Å². The fraction of sp³-hybridized carbons (Fsp3) is 0.400. The maximum absolute atomic E-state index is 12.4. The molecule has 0 bridgehead atoms. The number of hydrogen-bond donors (Lipinski definition) is 2. The Morgan fingerprint density at radius 3 is 2.60 bits per heavy atom. The second kappa shape index (κ2) is 4.63. The van der Waals surface area contributed by atoms with E-state index in [1.165, 1.54) is 0 Å². The topological polar surface area (TPSA) is 67.5 Å². The summed E-state index contributed by atoms with van der Waals surface area (Å²) in [6, 6.07) is 7.08. The van der Waals surface area contributed by atoms with Gasteiger partial charge >= 0.3 is 0 Å². The molecule has 3 N–H and O–H groups in total. The smallest absolute Gasteiger partial charge is 0.137 e. The fourth-order valence-corrected chi connectivity index (χ4v) is 2.88. The van der Waals surface area contributed by atoms with Crippen LogP contribution >= 0.6 is 0 Å². The SMILES string of the molecule is CN=S(=O)(NC(C)C)c1cccc(N)c1. The zero-order chi connectivity index (χ0) is 11.5. The molecule has 4 nitrogen and oxygen atoms in total. The molecule has 0 aromatic heterocycles. The van der Waals surface area contributed by atoms with E-state index in [0.717, 1.165) is 0 Å². The van der Waals surface area contributed by atoms with Crippen LogP contribution in [0, 0.1) is 0 Å². The van der Waals surface area contributed by atoms with E-state index in [-0.39, 0.29) is 6.04 Å². The summed E-state index contributed by atoms with van der Waals surface area (Å²) >= 11 is 0. The van der Waals surface area contributed by atoms with E-state index < -0.39 is 9.92 Å². The summed E-state index contributed by atoms with van der Waals surface area (Å²) in [5.74, 6) is 0. The predicted octanol–water partition coefficient (Wildman–Crippen LogP) is 1.64. The summed E-state index contributed by atoms with van der Waals surface area (Å²) in [6.45, 7) is 3.86. The highest BCUT2D eigenvalue weighted by Gasteiger charge is 2.12. The first-order valence-corrected chi connectivity index (χ1v) is 6.27. The van der Waals surface area contributed by atoms with Gasteiger partial charge in [0.15, 0.2) is 0 Å². The summed E-state index contributed by atoms with van der Waals surface area (Å²) in [4.78, 5) is 0.624. The van der Waals surface area contributed by atoms with Gasteiger partial charge < -0.3 is 5.73 Å². The molecule has 0 aliphatic carbocycles. The third-order valence-corrected chi connectivity index (χ3v) is 4.03. The van der Waals surface area contributed by atoms with Crippen LogP contribution in [0.5, 0.6) is 0 Å². The molecular formula is C10H17N3OS. The summed E-state index contributed by atoms with van der Waals surface area (Å²) in [5.41, 5.74) is 6.24. The van der Waals surface area contributed by atoms with Crippen molar-refractivity contribution in [2.45, 2.75) is 24.8 Å². The zero-order valence-electron chi connectivity index (χ0n) is 9.23. The second-order valence-electron chi connectivity index (χ2n) is 3.55. The Kier molecular flexibility index (Phi) is 3.71. The van der Waals surface area contributed by atoms with Gasteiger partial charge in [0.2, 0.25) is 0 Å². The van der Waals surface area contributed by atoms with Crippen LogP contribution in [0.25, 0.3) is 0 Å². The van der Waals surface area contributed by atoms with Gasteiger partial charge in [-0.2, -0.15) is 0 Å². The predicted molar refractivity (Wildman–Crippen MR) is 63.9 cm³/mol. The lowest BCUT2D eigenvalue weighted by Gasteiger charge is -2.14. The number of hydrogen-bond acceptors (Lipinski definition) is 3. The molecule has 1 unspecified atom stereocenters. The number of nitrogens with zero attached hydrogens (tertiary/aromatic N) is 1. The number of anilines is 1. The summed E-state index contributed by atoms with van der Waals surface area (Å²) in [7, 11) is -0.990. The van der Waals surface area contributed by atoms with E-state index in [1.54, 1.807) is 31.3 Å². The van der Waals surface area contributed by atoms with Gasteiger partial charge in [-0.1, -0.05) is 6.07 Å². The van der Waals surface area contributed by atoms with Crippen molar-refractivity contribution < 1.29 is 4.21 Å². The Morgan fingerprint density at radius 2 is 2.13 bits per heavy atom. The Bertz CT molecular complexity index is 448. The average Bonchev–Trinajstić information content (AvgIpc) is 2.16. The first-order chi connectivity index (χ1) is 6.98. The van der Waals surface area contributed by atoms with Crippen LogP contribution in [0.2, 0.25) is 0 Å². The molecular weight excluding hydrogens is 210 g/mol. The van der Waals surface area contributed by atoms with Crippen LogP contribution in [0.1, 0.15) is 13.8 Å². The lowest BCUT2D eigenvalue weighted by atomic mass is 10.3. The van der Waals surface area contributed by atoms with Crippen LogP contribution < -0.4 is 10.5 Å². The molecule has 0 fully saturated rings. The molecule has 0 saturated heterocycles. The first-order valence-electron chi connectivity index (χ1n) is 4.76. The van der Waals surface area contributed by atoms with Crippen molar-refractivity contribution in [1.29, 1.82) is 0 Å². The normalized spacial score (nSPS) is 14.9. The quantitative estimate of drug-likeness (QED) is 0.771. The van der Waals surface area contributed by atoms with Crippen molar-refractivity contribution in [3.05, 3.63) is 24.3 Å². The van der Waals surface area contributed by atoms with Crippen molar-refractivity contribution in [1.82, 2.24) is 4.72 Å². The summed E-state index contributed by atoms with van der Waals surface area (Å²) in [5, 5.41) is 0. The zero-order valence-corrected chi connectivity index (χ0v) is 10.0. The van der Waals surface area contributed by atoms with Crippen LogP contribution in [0.15, 0.2) is 33.5 Å². The molecule has 0 heterocycles. The van der Waals surface area contributed by atoms with Gasteiger partial charge in [-0.15, -0.1) is 0 Å². The van der Waals surface area contributed by atoms with Crippen LogP contribution in [0.4, 0.5) is 5.69 Å². The van der Waals surface area contributed by atoms with Crippen molar-refractivity contribution >= 4 is 15.6 Å². The van der Waals surface area contributed by atoms with Crippen molar-refractivity contribution in [3.63, 3.8) is 0 Å². The minimum absolute atomic E-state index is 0.0997. The molecule has 0 saturated carbocycles. The minimum Gasteiger partial charge on any atom is -0.399 e.